The van der Waals surface area contributed by atoms with Crippen LogP contribution in [0.3, 0.4) is 0 Å². The van der Waals surface area contributed by atoms with Crippen LogP contribution in [0.15, 0.2) is 0 Å². The van der Waals surface area contributed by atoms with Gasteiger partial charge < -0.3 is 10.1 Å². The molecule has 0 amide bonds. The molecule has 1 saturated heterocycles. The average Bonchev–Trinajstić information content (AvgIpc) is 2.61. The van der Waals surface area contributed by atoms with Crippen molar-refractivity contribution in [1.29, 1.82) is 0 Å². The monoisotopic (exact) mass is 199 g/mol. The minimum absolute atomic E-state index is 0.492. The summed E-state index contributed by atoms with van der Waals surface area (Å²) in [4.78, 5) is 0. The van der Waals surface area contributed by atoms with Crippen molar-refractivity contribution in [2.45, 2.75) is 52.7 Å². The Morgan fingerprint density at radius 3 is 2.64 bits per heavy atom. The van der Waals surface area contributed by atoms with Gasteiger partial charge in [0, 0.05) is 25.1 Å². The summed E-state index contributed by atoms with van der Waals surface area (Å²) in [5, 5.41) is 3.52. The SMILES string of the molecule is CCC(C)C1OCCC1CNC(C)C. The number of rotatable bonds is 5. The third-order valence-electron chi connectivity index (χ3n) is 3.26. The molecule has 1 aliphatic heterocycles. The van der Waals surface area contributed by atoms with E-state index in [1.807, 2.05) is 0 Å². The van der Waals surface area contributed by atoms with E-state index in [-0.39, 0.29) is 0 Å². The fourth-order valence-corrected chi connectivity index (χ4v) is 2.12. The zero-order valence-corrected chi connectivity index (χ0v) is 10.0. The van der Waals surface area contributed by atoms with E-state index < -0.39 is 0 Å². The van der Waals surface area contributed by atoms with Gasteiger partial charge in [0.15, 0.2) is 0 Å². The molecule has 3 atom stereocenters. The molecule has 1 aliphatic rings. The van der Waals surface area contributed by atoms with Gasteiger partial charge in [0.25, 0.3) is 0 Å². The Balaban J connectivity index is 2.35. The van der Waals surface area contributed by atoms with Crippen LogP contribution in [0.2, 0.25) is 0 Å². The second-order valence-corrected chi connectivity index (χ2v) is 4.83. The standard InChI is InChI=1S/C12H25NO/c1-5-10(4)12-11(6-7-14-12)8-13-9(2)3/h9-13H,5-8H2,1-4H3. The van der Waals surface area contributed by atoms with Crippen LogP contribution in [0, 0.1) is 11.8 Å². The summed E-state index contributed by atoms with van der Waals surface area (Å²) in [6, 6.07) is 0.591. The second-order valence-electron chi connectivity index (χ2n) is 4.83. The Bertz CT molecular complexity index is 158. The lowest BCUT2D eigenvalue weighted by Gasteiger charge is -2.24. The highest BCUT2D eigenvalue weighted by molar-refractivity contribution is 4.81. The summed E-state index contributed by atoms with van der Waals surface area (Å²) in [7, 11) is 0. The molecule has 0 bridgehead atoms. The summed E-state index contributed by atoms with van der Waals surface area (Å²) in [6.07, 6.45) is 2.95. The van der Waals surface area contributed by atoms with Crippen molar-refractivity contribution in [2.24, 2.45) is 11.8 Å². The molecule has 0 spiro atoms. The van der Waals surface area contributed by atoms with Crippen molar-refractivity contribution in [3.05, 3.63) is 0 Å². The first kappa shape index (κ1) is 12.0. The maximum atomic E-state index is 5.81. The summed E-state index contributed by atoms with van der Waals surface area (Å²) >= 11 is 0. The molecule has 0 saturated carbocycles. The maximum absolute atomic E-state index is 5.81. The van der Waals surface area contributed by atoms with E-state index in [1.165, 1.54) is 12.8 Å². The van der Waals surface area contributed by atoms with Crippen molar-refractivity contribution in [2.75, 3.05) is 13.2 Å². The summed E-state index contributed by atoms with van der Waals surface area (Å²) in [5.74, 6) is 1.43. The minimum Gasteiger partial charge on any atom is -0.378 e. The quantitative estimate of drug-likeness (QED) is 0.734. The van der Waals surface area contributed by atoms with Gasteiger partial charge in [-0.2, -0.15) is 0 Å². The van der Waals surface area contributed by atoms with Crippen LogP contribution in [0.1, 0.15) is 40.5 Å². The molecule has 0 aromatic carbocycles. The Hall–Kier alpha value is -0.0800. The highest BCUT2D eigenvalue weighted by Crippen LogP contribution is 2.27. The summed E-state index contributed by atoms with van der Waals surface area (Å²) in [5.41, 5.74) is 0. The molecule has 14 heavy (non-hydrogen) atoms. The van der Waals surface area contributed by atoms with Gasteiger partial charge in [-0.15, -0.1) is 0 Å². The Labute approximate surface area is 88.4 Å². The maximum Gasteiger partial charge on any atom is 0.0641 e. The van der Waals surface area contributed by atoms with Crippen LogP contribution in [-0.2, 0) is 4.74 Å². The predicted molar refractivity (Wildman–Crippen MR) is 60.4 cm³/mol. The molecule has 3 unspecified atom stereocenters. The lowest BCUT2D eigenvalue weighted by atomic mass is 9.90. The molecule has 1 heterocycles. The van der Waals surface area contributed by atoms with Gasteiger partial charge in [-0.25, -0.2) is 0 Å². The van der Waals surface area contributed by atoms with E-state index in [1.54, 1.807) is 0 Å². The Kier molecular flexibility index (Phi) is 4.90. The normalized spacial score (nSPS) is 29.8. The van der Waals surface area contributed by atoms with Gasteiger partial charge in [-0.05, 0) is 12.3 Å². The van der Waals surface area contributed by atoms with E-state index in [2.05, 4.69) is 33.0 Å². The van der Waals surface area contributed by atoms with Crippen LogP contribution < -0.4 is 5.32 Å². The molecule has 1 fully saturated rings. The first-order valence-corrected chi connectivity index (χ1v) is 6.00. The zero-order chi connectivity index (χ0) is 10.6. The first-order valence-electron chi connectivity index (χ1n) is 6.00. The topological polar surface area (TPSA) is 21.3 Å². The van der Waals surface area contributed by atoms with E-state index in [0.29, 0.717) is 18.1 Å². The second kappa shape index (κ2) is 5.72. The first-order chi connectivity index (χ1) is 6.65. The van der Waals surface area contributed by atoms with Crippen LogP contribution in [0.25, 0.3) is 0 Å². The van der Waals surface area contributed by atoms with E-state index in [9.17, 15) is 0 Å². The zero-order valence-electron chi connectivity index (χ0n) is 10.0. The number of nitrogens with one attached hydrogen (secondary N) is 1. The van der Waals surface area contributed by atoms with Crippen LogP contribution in [0.5, 0.6) is 0 Å². The summed E-state index contributed by atoms with van der Waals surface area (Å²) in [6.45, 7) is 11.0. The van der Waals surface area contributed by atoms with E-state index >= 15 is 0 Å². The van der Waals surface area contributed by atoms with Crippen molar-refractivity contribution in [1.82, 2.24) is 5.32 Å². The van der Waals surface area contributed by atoms with Crippen LogP contribution in [0.4, 0.5) is 0 Å². The molecule has 84 valence electrons. The van der Waals surface area contributed by atoms with Gasteiger partial charge >= 0.3 is 0 Å². The summed E-state index contributed by atoms with van der Waals surface area (Å²) < 4.78 is 5.81. The van der Waals surface area contributed by atoms with Gasteiger partial charge in [-0.3, -0.25) is 0 Å². The van der Waals surface area contributed by atoms with Crippen molar-refractivity contribution < 1.29 is 4.74 Å². The molecule has 0 aliphatic carbocycles. The van der Waals surface area contributed by atoms with Gasteiger partial charge in [0.2, 0.25) is 0 Å². The molecule has 0 aromatic rings. The van der Waals surface area contributed by atoms with Crippen molar-refractivity contribution in [3.8, 4) is 0 Å². The molecule has 1 N–H and O–H groups in total. The minimum atomic E-state index is 0.492. The smallest absolute Gasteiger partial charge is 0.0641 e. The predicted octanol–water partition coefficient (Wildman–Crippen LogP) is 2.44. The molecule has 0 aromatic heterocycles. The van der Waals surface area contributed by atoms with Gasteiger partial charge in [0.05, 0.1) is 6.10 Å². The van der Waals surface area contributed by atoms with Gasteiger partial charge in [-0.1, -0.05) is 34.1 Å². The van der Waals surface area contributed by atoms with Crippen molar-refractivity contribution >= 4 is 0 Å². The third-order valence-corrected chi connectivity index (χ3v) is 3.26. The van der Waals surface area contributed by atoms with Crippen molar-refractivity contribution in [3.63, 3.8) is 0 Å². The number of hydrogen-bond acceptors (Lipinski definition) is 2. The average molecular weight is 199 g/mol. The Morgan fingerprint density at radius 1 is 1.36 bits per heavy atom. The van der Waals surface area contributed by atoms with E-state index in [4.69, 9.17) is 4.74 Å². The number of ether oxygens (including phenoxy) is 1. The lowest BCUT2D eigenvalue weighted by Crippen LogP contribution is -2.35. The molecule has 2 heteroatoms. The number of hydrogen-bond donors (Lipinski definition) is 1. The highest BCUT2D eigenvalue weighted by Gasteiger charge is 2.31. The fourth-order valence-electron chi connectivity index (χ4n) is 2.12. The largest absolute Gasteiger partial charge is 0.378 e. The molecular formula is C12H25NO. The van der Waals surface area contributed by atoms with Crippen LogP contribution in [-0.4, -0.2) is 25.3 Å². The van der Waals surface area contributed by atoms with E-state index in [0.717, 1.165) is 19.1 Å². The van der Waals surface area contributed by atoms with Gasteiger partial charge in [0.1, 0.15) is 0 Å². The lowest BCUT2D eigenvalue weighted by molar-refractivity contribution is 0.0461. The van der Waals surface area contributed by atoms with Crippen LogP contribution >= 0.6 is 0 Å². The third kappa shape index (κ3) is 3.25. The molecular weight excluding hydrogens is 174 g/mol. The fraction of sp³-hybridized carbons (Fsp3) is 1.00. The molecule has 0 radical (unpaired) electrons. The Morgan fingerprint density at radius 2 is 2.07 bits per heavy atom. The highest BCUT2D eigenvalue weighted by atomic mass is 16.5. The molecule has 1 rings (SSSR count). The molecule has 2 nitrogen and oxygen atoms in total.